The molecule has 1 aliphatic carbocycles. The normalized spacial score (nSPS) is 23.1. The molecule has 1 unspecified atom stereocenters. The van der Waals surface area contributed by atoms with Crippen LogP contribution >= 0.6 is 0 Å². The van der Waals surface area contributed by atoms with E-state index >= 15 is 0 Å². The van der Waals surface area contributed by atoms with Gasteiger partial charge in [0.05, 0.1) is 23.9 Å². The number of nitrogens with zero attached hydrogens (tertiary/aromatic N) is 6. The van der Waals surface area contributed by atoms with Crippen LogP contribution in [-0.4, -0.2) is 47.5 Å². The summed E-state index contributed by atoms with van der Waals surface area (Å²) in [4.78, 5) is 10.1. The standard InChI is InChI=1S/C23H23F2N7O/c24-14-4-6-18(25)16(11-14)19-2-1-8-31(19)20-7-9-32-23(27-20)17(12-26-32)22-28-21(29-30-22)13-3-5-15(33)10-13/h4,6-7,9,11-13,15,19,33H,1-3,5,8,10H2,(H,28,29,30)/t13-,15?,19+/m0/s1. The molecule has 10 heteroatoms. The van der Waals surface area contributed by atoms with Crippen molar-refractivity contribution >= 4 is 11.5 Å². The summed E-state index contributed by atoms with van der Waals surface area (Å²) in [5.41, 5.74) is 1.66. The molecule has 4 aromatic rings. The highest BCUT2D eigenvalue weighted by Gasteiger charge is 2.31. The van der Waals surface area contributed by atoms with E-state index in [-0.39, 0.29) is 18.1 Å². The van der Waals surface area contributed by atoms with E-state index in [1.165, 1.54) is 12.1 Å². The van der Waals surface area contributed by atoms with E-state index in [1.807, 2.05) is 17.2 Å². The second-order valence-corrected chi connectivity index (χ2v) is 8.85. The van der Waals surface area contributed by atoms with Gasteiger partial charge in [-0.2, -0.15) is 5.10 Å². The van der Waals surface area contributed by atoms with Crippen LogP contribution in [0.15, 0.2) is 36.7 Å². The number of halogens is 2. The second-order valence-electron chi connectivity index (χ2n) is 8.85. The fourth-order valence-corrected chi connectivity index (χ4v) is 5.11. The minimum Gasteiger partial charge on any atom is -0.393 e. The fourth-order valence-electron chi connectivity index (χ4n) is 5.11. The van der Waals surface area contributed by atoms with Crippen molar-refractivity contribution in [1.29, 1.82) is 0 Å². The second kappa shape index (κ2) is 7.87. The Morgan fingerprint density at radius 1 is 1.09 bits per heavy atom. The number of fused-ring (bicyclic) bond motifs is 1. The maximum absolute atomic E-state index is 14.5. The highest BCUT2D eigenvalue weighted by atomic mass is 19.1. The summed E-state index contributed by atoms with van der Waals surface area (Å²) >= 11 is 0. The lowest BCUT2D eigenvalue weighted by Crippen LogP contribution is -2.24. The molecule has 2 aliphatic rings. The van der Waals surface area contributed by atoms with Crippen LogP contribution in [0.25, 0.3) is 17.0 Å². The third kappa shape index (κ3) is 3.54. The molecule has 3 aromatic heterocycles. The lowest BCUT2D eigenvalue weighted by atomic mass is 10.0. The van der Waals surface area contributed by atoms with Crippen LogP contribution in [0.4, 0.5) is 14.6 Å². The average molecular weight is 451 g/mol. The Hall–Kier alpha value is -3.40. The first-order chi connectivity index (χ1) is 16.1. The molecule has 6 rings (SSSR count). The molecule has 0 radical (unpaired) electrons. The molecule has 4 heterocycles. The van der Waals surface area contributed by atoms with Crippen molar-refractivity contribution in [2.45, 2.75) is 50.2 Å². The monoisotopic (exact) mass is 451 g/mol. The van der Waals surface area contributed by atoms with E-state index in [0.717, 1.165) is 37.6 Å². The Morgan fingerprint density at radius 3 is 2.85 bits per heavy atom. The third-order valence-corrected chi connectivity index (χ3v) is 6.77. The molecule has 1 saturated heterocycles. The number of aliphatic hydroxyl groups excluding tert-OH is 1. The first-order valence-electron chi connectivity index (χ1n) is 11.2. The summed E-state index contributed by atoms with van der Waals surface area (Å²) in [6.45, 7) is 0.698. The van der Waals surface area contributed by atoms with Gasteiger partial charge in [0.25, 0.3) is 0 Å². The number of rotatable bonds is 4. The van der Waals surface area contributed by atoms with Gasteiger partial charge in [-0.15, -0.1) is 10.2 Å². The molecule has 0 amide bonds. The minimum atomic E-state index is -0.448. The van der Waals surface area contributed by atoms with Crippen molar-refractivity contribution < 1.29 is 13.9 Å². The van der Waals surface area contributed by atoms with Gasteiger partial charge >= 0.3 is 0 Å². The summed E-state index contributed by atoms with van der Waals surface area (Å²) in [6, 6.07) is 5.14. The van der Waals surface area contributed by atoms with Gasteiger partial charge in [0.15, 0.2) is 11.5 Å². The van der Waals surface area contributed by atoms with Crippen molar-refractivity contribution in [1.82, 2.24) is 29.8 Å². The minimum absolute atomic E-state index is 0.165. The Morgan fingerprint density at radius 2 is 2.00 bits per heavy atom. The number of hydrogen-bond acceptors (Lipinski definition) is 6. The summed E-state index contributed by atoms with van der Waals surface area (Å²) < 4.78 is 30.0. The Bertz CT molecular complexity index is 1320. The molecule has 3 atom stereocenters. The zero-order valence-corrected chi connectivity index (χ0v) is 17.8. The predicted molar refractivity (Wildman–Crippen MR) is 117 cm³/mol. The van der Waals surface area contributed by atoms with Gasteiger partial charge in [-0.3, -0.25) is 0 Å². The van der Waals surface area contributed by atoms with Crippen LogP contribution in [-0.2, 0) is 0 Å². The molecule has 33 heavy (non-hydrogen) atoms. The van der Waals surface area contributed by atoms with E-state index in [9.17, 15) is 13.9 Å². The highest BCUT2D eigenvalue weighted by Crippen LogP contribution is 2.37. The summed E-state index contributed by atoms with van der Waals surface area (Å²) in [6.07, 6.45) is 7.11. The van der Waals surface area contributed by atoms with Crippen LogP contribution in [0.2, 0.25) is 0 Å². The number of H-pyrrole nitrogens is 1. The number of anilines is 1. The van der Waals surface area contributed by atoms with Crippen molar-refractivity contribution in [2.75, 3.05) is 11.4 Å². The van der Waals surface area contributed by atoms with Crippen LogP contribution in [0.1, 0.15) is 55.5 Å². The van der Waals surface area contributed by atoms with E-state index < -0.39 is 11.6 Å². The molecule has 170 valence electrons. The fraction of sp³-hybridized carbons (Fsp3) is 0.391. The Balaban J connectivity index is 1.35. The van der Waals surface area contributed by atoms with E-state index in [4.69, 9.17) is 4.98 Å². The van der Waals surface area contributed by atoms with Gasteiger partial charge in [-0.25, -0.2) is 18.3 Å². The zero-order chi connectivity index (χ0) is 22.5. The number of hydrogen-bond donors (Lipinski definition) is 2. The topological polar surface area (TPSA) is 95.2 Å². The highest BCUT2D eigenvalue weighted by molar-refractivity contribution is 5.73. The Labute approximate surface area is 188 Å². The lowest BCUT2D eigenvalue weighted by Gasteiger charge is -2.26. The molecule has 1 aliphatic heterocycles. The molecule has 2 N–H and O–H groups in total. The van der Waals surface area contributed by atoms with Gasteiger partial charge in [-0.05, 0) is 56.4 Å². The SMILES string of the molecule is OC1CC[C@H](c2nnc(-c3cnn4ccc(N5CCC[C@@H]5c5cc(F)ccc5F)nc34)[nH]2)C1. The molecule has 0 bridgehead atoms. The van der Waals surface area contributed by atoms with Crippen LogP contribution in [0.3, 0.4) is 0 Å². The molecule has 0 spiro atoms. The maximum atomic E-state index is 14.5. The number of nitrogens with one attached hydrogen (secondary N) is 1. The quantitative estimate of drug-likeness (QED) is 0.491. The molecule has 8 nitrogen and oxygen atoms in total. The number of aromatic nitrogens is 6. The van der Waals surface area contributed by atoms with Gasteiger partial charge in [-0.1, -0.05) is 0 Å². The van der Waals surface area contributed by atoms with Gasteiger partial charge in [0, 0.05) is 24.2 Å². The van der Waals surface area contributed by atoms with Crippen LogP contribution < -0.4 is 4.90 Å². The van der Waals surface area contributed by atoms with Crippen LogP contribution in [0.5, 0.6) is 0 Å². The molecule has 1 saturated carbocycles. The largest absolute Gasteiger partial charge is 0.393 e. The Kier molecular flexibility index (Phi) is 4.83. The van der Waals surface area contributed by atoms with E-state index in [2.05, 4.69) is 20.3 Å². The summed E-state index contributed by atoms with van der Waals surface area (Å²) in [7, 11) is 0. The van der Waals surface area contributed by atoms with E-state index in [0.29, 0.717) is 41.4 Å². The average Bonchev–Trinajstić information content (AvgIpc) is 3.60. The molecule has 2 fully saturated rings. The first kappa shape index (κ1) is 20.2. The van der Waals surface area contributed by atoms with Crippen molar-refractivity contribution in [3.63, 3.8) is 0 Å². The summed E-state index contributed by atoms with van der Waals surface area (Å²) in [5, 5.41) is 22.8. The third-order valence-electron chi connectivity index (χ3n) is 6.77. The number of aromatic amines is 1. The van der Waals surface area contributed by atoms with Gasteiger partial charge < -0.3 is 15.0 Å². The van der Waals surface area contributed by atoms with Gasteiger partial charge in [0.2, 0.25) is 0 Å². The zero-order valence-electron chi connectivity index (χ0n) is 17.8. The molecule has 1 aromatic carbocycles. The number of benzene rings is 1. The smallest absolute Gasteiger partial charge is 0.168 e. The van der Waals surface area contributed by atoms with Crippen molar-refractivity contribution in [3.8, 4) is 11.4 Å². The number of aliphatic hydroxyl groups is 1. The van der Waals surface area contributed by atoms with Gasteiger partial charge in [0.1, 0.15) is 23.3 Å². The van der Waals surface area contributed by atoms with Crippen LogP contribution in [0, 0.1) is 11.6 Å². The van der Waals surface area contributed by atoms with Crippen molar-refractivity contribution in [2.24, 2.45) is 0 Å². The van der Waals surface area contributed by atoms with Crippen molar-refractivity contribution in [3.05, 3.63) is 59.7 Å². The first-order valence-corrected chi connectivity index (χ1v) is 11.2. The molecular formula is C23H23F2N7O. The predicted octanol–water partition coefficient (Wildman–Crippen LogP) is 3.76. The summed E-state index contributed by atoms with van der Waals surface area (Å²) in [5.74, 6) is 1.31. The molecular weight excluding hydrogens is 428 g/mol. The lowest BCUT2D eigenvalue weighted by molar-refractivity contribution is 0.181. The van der Waals surface area contributed by atoms with E-state index in [1.54, 1.807) is 10.7 Å². The maximum Gasteiger partial charge on any atom is 0.168 e.